The van der Waals surface area contributed by atoms with E-state index in [1.54, 1.807) is 6.33 Å². The second-order valence-corrected chi connectivity index (χ2v) is 5.74. The van der Waals surface area contributed by atoms with E-state index in [4.69, 9.17) is 0 Å². The predicted octanol–water partition coefficient (Wildman–Crippen LogP) is 2.29. The van der Waals surface area contributed by atoms with Gasteiger partial charge in [0, 0.05) is 23.9 Å². The van der Waals surface area contributed by atoms with E-state index in [-0.39, 0.29) is 0 Å². The number of fused-ring (bicyclic) bond motifs is 1. The highest BCUT2D eigenvalue weighted by molar-refractivity contribution is 5.27. The third-order valence-electron chi connectivity index (χ3n) is 4.44. The summed E-state index contributed by atoms with van der Waals surface area (Å²) in [6.07, 6.45) is 11.9. The van der Waals surface area contributed by atoms with Crippen molar-refractivity contribution in [1.29, 1.82) is 0 Å². The first-order valence-corrected chi connectivity index (χ1v) is 7.37. The van der Waals surface area contributed by atoms with Crippen LogP contribution in [0.3, 0.4) is 0 Å². The lowest BCUT2D eigenvalue weighted by Crippen LogP contribution is -2.30. The molecule has 18 heavy (non-hydrogen) atoms. The minimum absolute atomic E-state index is 0.618. The van der Waals surface area contributed by atoms with E-state index in [1.165, 1.54) is 55.5 Å². The van der Waals surface area contributed by atoms with Gasteiger partial charge in [-0.15, -0.1) is 0 Å². The molecule has 1 fully saturated rings. The van der Waals surface area contributed by atoms with Gasteiger partial charge < -0.3 is 5.32 Å². The van der Waals surface area contributed by atoms with Crippen molar-refractivity contribution in [3.8, 4) is 0 Å². The molecule has 2 aliphatic carbocycles. The summed E-state index contributed by atoms with van der Waals surface area (Å²) in [5.74, 6) is 0.881. The van der Waals surface area contributed by atoms with Crippen molar-refractivity contribution in [2.75, 3.05) is 7.05 Å². The first-order valence-electron chi connectivity index (χ1n) is 7.37. The molecule has 0 amide bonds. The predicted molar refractivity (Wildman–Crippen MR) is 72.6 cm³/mol. The molecule has 3 nitrogen and oxygen atoms in total. The summed E-state index contributed by atoms with van der Waals surface area (Å²) in [4.78, 5) is 9.08. The van der Waals surface area contributed by atoms with Crippen LogP contribution in [-0.2, 0) is 19.3 Å². The molecule has 98 valence electrons. The Balaban J connectivity index is 1.82. The summed E-state index contributed by atoms with van der Waals surface area (Å²) in [7, 11) is 2.09. The van der Waals surface area contributed by atoms with Crippen molar-refractivity contribution < 1.29 is 0 Å². The van der Waals surface area contributed by atoms with Crippen molar-refractivity contribution in [2.45, 2.75) is 57.4 Å². The SMILES string of the molecule is CNC(Cc1ncnc2c1CCCCC2)C1CC1. The van der Waals surface area contributed by atoms with Gasteiger partial charge in [-0.2, -0.15) is 0 Å². The highest BCUT2D eigenvalue weighted by Crippen LogP contribution is 2.34. The molecular weight excluding hydrogens is 222 g/mol. The Morgan fingerprint density at radius 1 is 1.22 bits per heavy atom. The number of rotatable bonds is 4. The molecule has 0 bridgehead atoms. The lowest BCUT2D eigenvalue weighted by molar-refractivity contribution is 0.493. The zero-order valence-electron chi connectivity index (χ0n) is 11.3. The molecular formula is C15H23N3. The van der Waals surface area contributed by atoms with Gasteiger partial charge in [0.2, 0.25) is 0 Å². The van der Waals surface area contributed by atoms with Gasteiger partial charge in [-0.25, -0.2) is 9.97 Å². The number of aromatic nitrogens is 2. The molecule has 3 rings (SSSR count). The quantitative estimate of drug-likeness (QED) is 0.827. The first-order chi connectivity index (χ1) is 8.88. The van der Waals surface area contributed by atoms with E-state index in [2.05, 4.69) is 22.3 Å². The summed E-state index contributed by atoms with van der Waals surface area (Å²) in [5, 5.41) is 3.47. The Bertz CT molecular complexity index is 412. The maximum absolute atomic E-state index is 4.58. The van der Waals surface area contributed by atoms with Crippen LogP contribution in [0.2, 0.25) is 0 Å². The minimum Gasteiger partial charge on any atom is -0.316 e. The summed E-state index contributed by atoms with van der Waals surface area (Å²) in [6.45, 7) is 0. The van der Waals surface area contributed by atoms with Gasteiger partial charge in [0.25, 0.3) is 0 Å². The molecule has 0 spiro atoms. The number of likely N-dealkylation sites (N-methyl/N-ethyl adjacent to an activating group) is 1. The van der Waals surface area contributed by atoms with Gasteiger partial charge in [0.15, 0.2) is 0 Å². The van der Waals surface area contributed by atoms with E-state index in [1.807, 2.05) is 0 Å². The van der Waals surface area contributed by atoms with Crippen molar-refractivity contribution in [2.24, 2.45) is 5.92 Å². The van der Waals surface area contributed by atoms with E-state index in [9.17, 15) is 0 Å². The van der Waals surface area contributed by atoms with Crippen LogP contribution in [0.5, 0.6) is 0 Å². The number of aryl methyl sites for hydroxylation is 1. The number of hydrogen-bond acceptors (Lipinski definition) is 3. The third kappa shape index (κ3) is 2.56. The Morgan fingerprint density at radius 3 is 2.83 bits per heavy atom. The Morgan fingerprint density at radius 2 is 2.06 bits per heavy atom. The van der Waals surface area contributed by atoms with E-state index in [0.29, 0.717) is 6.04 Å². The molecule has 1 heterocycles. The van der Waals surface area contributed by atoms with Crippen molar-refractivity contribution >= 4 is 0 Å². The lowest BCUT2D eigenvalue weighted by atomic mass is 9.99. The molecule has 1 saturated carbocycles. The smallest absolute Gasteiger partial charge is 0.115 e. The number of hydrogen-bond donors (Lipinski definition) is 1. The van der Waals surface area contributed by atoms with Crippen molar-refractivity contribution in [3.05, 3.63) is 23.3 Å². The van der Waals surface area contributed by atoms with Gasteiger partial charge in [0.05, 0.1) is 0 Å². The van der Waals surface area contributed by atoms with Crippen LogP contribution in [0, 0.1) is 5.92 Å². The fraction of sp³-hybridized carbons (Fsp3) is 0.733. The molecule has 1 atom stereocenters. The second-order valence-electron chi connectivity index (χ2n) is 5.74. The first kappa shape index (κ1) is 12.1. The highest BCUT2D eigenvalue weighted by Gasteiger charge is 2.31. The van der Waals surface area contributed by atoms with E-state index < -0.39 is 0 Å². The molecule has 1 aromatic heterocycles. The van der Waals surface area contributed by atoms with Crippen LogP contribution in [0.1, 0.15) is 49.1 Å². The van der Waals surface area contributed by atoms with Gasteiger partial charge >= 0.3 is 0 Å². The number of nitrogens with one attached hydrogen (secondary N) is 1. The summed E-state index contributed by atoms with van der Waals surface area (Å²) in [6, 6.07) is 0.618. The van der Waals surface area contributed by atoms with Crippen LogP contribution < -0.4 is 5.32 Å². The molecule has 0 aliphatic heterocycles. The highest BCUT2D eigenvalue weighted by atomic mass is 14.9. The van der Waals surface area contributed by atoms with Gasteiger partial charge in [-0.1, -0.05) is 6.42 Å². The molecule has 0 radical (unpaired) electrons. The molecule has 1 N–H and O–H groups in total. The van der Waals surface area contributed by atoms with Crippen LogP contribution in [0.4, 0.5) is 0 Å². The largest absolute Gasteiger partial charge is 0.316 e. The third-order valence-corrected chi connectivity index (χ3v) is 4.44. The summed E-state index contributed by atoms with van der Waals surface area (Å²) >= 11 is 0. The standard InChI is InChI=1S/C15H23N3/c1-16-14(11-7-8-11)9-15-12-5-3-2-4-6-13(12)17-10-18-15/h10-11,14,16H,2-9H2,1H3. The van der Waals surface area contributed by atoms with Crippen LogP contribution in [-0.4, -0.2) is 23.1 Å². The molecule has 3 heteroatoms. The maximum atomic E-state index is 4.58. The lowest BCUT2D eigenvalue weighted by Gasteiger charge is -2.17. The van der Waals surface area contributed by atoms with Crippen molar-refractivity contribution in [1.82, 2.24) is 15.3 Å². The topological polar surface area (TPSA) is 37.8 Å². The Labute approximate surface area is 109 Å². The second kappa shape index (κ2) is 5.35. The Kier molecular flexibility index (Phi) is 3.59. The van der Waals surface area contributed by atoms with E-state index in [0.717, 1.165) is 18.8 Å². The zero-order chi connectivity index (χ0) is 12.4. The fourth-order valence-corrected chi connectivity index (χ4v) is 3.15. The zero-order valence-corrected chi connectivity index (χ0v) is 11.3. The molecule has 1 unspecified atom stereocenters. The van der Waals surface area contributed by atoms with Gasteiger partial charge in [-0.05, 0) is 57.1 Å². The average Bonchev–Trinajstić information content (AvgIpc) is 3.22. The molecule has 2 aliphatic rings. The van der Waals surface area contributed by atoms with Crippen molar-refractivity contribution in [3.63, 3.8) is 0 Å². The fourth-order valence-electron chi connectivity index (χ4n) is 3.15. The van der Waals surface area contributed by atoms with Crippen LogP contribution >= 0.6 is 0 Å². The monoisotopic (exact) mass is 245 g/mol. The Hall–Kier alpha value is -0.960. The molecule has 1 aromatic rings. The van der Waals surface area contributed by atoms with Crippen LogP contribution in [0.25, 0.3) is 0 Å². The maximum Gasteiger partial charge on any atom is 0.115 e. The van der Waals surface area contributed by atoms with Crippen LogP contribution in [0.15, 0.2) is 6.33 Å². The normalized spacial score (nSPS) is 21.2. The average molecular weight is 245 g/mol. The number of nitrogens with zero attached hydrogens (tertiary/aromatic N) is 2. The van der Waals surface area contributed by atoms with Gasteiger partial charge in [-0.3, -0.25) is 0 Å². The summed E-state index contributed by atoms with van der Waals surface area (Å²) in [5.41, 5.74) is 4.10. The molecule has 0 aromatic carbocycles. The van der Waals surface area contributed by atoms with Gasteiger partial charge in [0.1, 0.15) is 6.33 Å². The summed E-state index contributed by atoms with van der Waals surface area (Å²) < 4.78 is 0. The van der Waals surface area contributed by atoms with E-state index >= 15 is 0 Å². The minimum atomic E-state index is 0.618. The molecule has 0 saturated heterocycles.